The molecule has 0 N–H and O–H groups in total. The van der Waals surface area contributed by atoms with Gasteiger partial charge in [0.15, 0.2) is 0 Å². The average Bonchev–Trinajstić information content (AvgIpc) is 3.23. The van der Waals surface area contributed by atoms with Gasteiger partial charge < -0.3 is 9.42 Å². The Kier molecular flexibility index (Phi) is 4.47. The van der Waals surface area contributed by atoms with Gasteiger partial charge >= 0.3 is 0 Å². The van der Waals surface area contributed by atoms with E-state index in [1.807, 2.05) is 30.3 Å². The number of nitrogens with zero attached hydrogens (tertiary/aromatic N) is 3. The predicted octanol–water partition coefficient (Wildman–Crippen LogP) is 5.05. The number of hydrogen-bond acceptors (Lipinski definition) is 4. The minimum Gasteiger partial charge on any atom is -0.343 e. The van der Waals surface area contributed by atoms with Crippen molar-refractivity contribution >= 4 is 5.91 Å². The third kappa shape index (κ3) is 3.36. The maximum atomic E-state index is 13.2. The van der Waals surface area contributed by atoms with Crippen molar-refractivity contribution in [1.82, 2.24) is 15.0 Å². The van der Waals surface area contributed by atoms with Crippen LogP contribution in [-0.2, 0) is 4.79 Å². The van der Waals surface area contributed by atoms with Crippen LogP contribution in [0, 0.1) is 23.2 Å². The first-order valence-corrected chi connectivity index (χ1v) is 11.8. The topological polar surface area (TPSA) is 59.2 Å². The third-order valence-corrected chi connectivity index (χ3v) is 8.36. The van der Waals surface area contributed by atoms with Gasteiger partial charge in [-0.25, -0.2) is 0 Å². The molecule has 5 aliphatic rings. The van der Waals surface area contributed by atoms with Gasteiger partial charge in [-0.1, -0.05) is 35.5 Å². The Hall–Kier alpha value is -2.17. The third-order valence-electron chi connectivity index (χ3n) is 8.36. The van der Waals surface area contributed by atoms with E-state index in [0.29, 0.717) is 17.1 Å². The Labute approximate surface area is 178 Å². The molecule has 1 aliphatic heterocycles. The maximum absolute atomic E-state index is 13.2. The highest BCUT2D eigenvalue weighted by molar-refractivity contribution is 5.77. The molecule has 0 radical (unpaired) electrons. The molecular weight excluding hydrogens is 374 g/mol. The van der Waals surface area contributed by atoms with Crippen LogP contribution < -0.4 is 0 Å². The summed E-state index contributed by atoms with van der Waals surface area (Å²) in [5.41, 5.74) is 1.32. The van der Waals surface area contributed by atoms with Crippen LogP contribution in [0.2, 0.25) is 0 Å². The summed E-state index contributed by atoms with van der Waals surface area (Å²) in [6, 6.07) is 9.96. The van der Waals surface area contributed by atoms with Crippen molar-refractivity contribution in [2.45, 2.75) is 63.7 Å². The summed E-state index contributed by atoms with van der Waals surface area (Å²) in [6.45, 7) is 1.64. The van der Waals surface area contributed by atoms with Crippen LogP contribution in [-0.4, -0.2) is 34.0 Å². The molecule has 5 heteroatoms. The van der Waals surface area contributed by atoms with E-state index < -0.39 is 0 Å². The summed E-state index contributed by atoms with van der Waals surface area (Å²) in [6.07, 6.45) is 10.9. The van der Waals surface area contributed by atoms with Gasteiger partial charge in [0.1, 0.15) is 0 Å². The Morgan fingerprint density at radius 3 is 2.27 bits per heavy atom. The number of amides is 1. The average molecular weight is 406 g/mol. The zero-order valence-electron chi connectivity index (χ0n) is 17.6. The fourth-order valence-corrected chi connectivity index (χ4v) is 7.42. The SMILES string of the molecule is O=C(CC12CC3CC(CC(C3)C1)C2)N1CCC(c2nc(-c3ccccc3)no2)CC1. The summed E-state index contributed by atoms with van der Waals surface area (Å²) in [5.74, 6) is 4.76. The van der Waals surface area contributed by atoms with Crippen molar-refractivity contribution in [3.05, 3.63) is 36.2 Å². The lowest BCUT2D eigenvalue weighted by molar-refractivity contribution is -0.140. The maximum Gasteiger partial charge on any atom is 0.230 e. The Morgan fingerprint density at radius 2 is 1.63 bits per heavy atom. The molecule has 2 heterocycles. The van der Waals surface area contributed by atoms with Crippen LogP contribution in [0.3, 0.4) is 0 Å². The van der Waals surface area contributed by atoms with E-state index >= 15 is 0 Å². The minimum atomic E-state index is 0.263. The highest BCUT2D eigenvalue weighted by Crippen LogP contribution is 2.61. The van der Waals surface area contributed by atoms with Crippen LogP contribution in [0.1, 0.15) is 69.6 Å². The van der Waals surface area contributed by atoms with Crippen molar-refractivity contribution in [2.75, 3.05) is 13.1 Å². The molecule has 7 rings (SSSR count). The number of likely N-dealkylation sites (tertiary alicyclic amines) is 1. The first kappa shape index (κ1) is 18.6. The summed E-state index contributed by atoms with van der Waals surface area (Å²) in [4.78, 5) is 19.9. The molecule has 1 amide bonds. The van der Waals surface area contributed by atoms with Crippen molar-refractivity contribution in [3.63, 3.8) is 0 Å². The van der Waals surface area contributed by atoms with E-state index in [1.165, 1.54) is 38.5 Å². The van der Waals surface area contributed by atoms with Gasteiger partial charge in [-0.05, 0) is 74.5 Å². The molecule has 4 saturated carbocycles. The zero-order chi connectivity index (χ0) is 20.1. The van der Waals surface area contributed by atoms with Gasteiger partial charge in [0.05, 0.1) is 0 Å². The Bertz CT molecular complexity index is 878. The molecule has 1 aromatic carbocycles. The van der Waals surface area contributed by atoms with Crippen LogP contribution in [0.4, 0.5) is 0 Å². The van der Waals surface area contributed by atoms with Crippen LogP contribution in [0.5, 0.6) is 0 Å². The molecule has 0 atom stereocenters. The number of hydrogen-bond donors (Lipinski definition) is 0. The molecule has 1 saturated heterocycles. The summed E-state index contributed by atoms with van der Waals surface area (Å²) in [7, 11) is 0. The van der Waals surface area contributed by atoms with E-state index in [0.717, 1.165) is 61.6 Å². The largest absolute Gasteiger partial charge is 0.343 e. The van der Waals surface area contributed by atoms with E-state index in [2.05, 4.69) is 15.0 Å². The quantitative estimate of drug-likeness (QED) is 0.714. The van der Waals surface area contributed by atoms with Gasteiger partial charge in [0.25, 0.3) is 0 Å². The normalized spacial score (nSPS) is 33.2. The smallest absolute Gasteiger partial charge is 0.230 e. The van der Waals surface area contributed by atoms with E-state index in [-0.39, 0.29) is 5.92 Å². The zero-order valence-corrected chi connectivity index (χ0v) is 17.6. The minimum absolute atomic E-state index is 0.263. The number of carbonyl (C=O) groups excluding carboxylic acids is 1. The number of carbonyl (C=O) groups is 1. The second-order valence-electron chi connectivity index (χ2n) is 10.6. The molecule has 0 spiro atoms. The van der Waals surface area contributed by atoms with Crippen LogP contribution in [0.15, 0.2) is 34.9 Å². The number of rotatable bonds is 4. The van der Waals surface area contributed by atoms with Crippen molar-refractivity contribution < 1.29 is 9.32 Å². The summed E-state index contributed by atoms with van der Waals surface area (Å²) >= 11 is 0. The number of aromatic nitrogens is 2. The molecule has 158 valence electrons. The van der Waals surface area contributed by atoms with Gasteiger partial charge in [0.2, 0.25) is 17.6 Å². The van der Waals surface area contributed by atoms with E-state index in [9.17, 15) is 4.79 Å². The second kappa shape index (κ2) is 7.21. The van der Waals surface area contributed by atoms with Crippen molar-refractivity contribution in [2.24, 2.45) is 23.2 Å². The first-order valence-electron chi connectivity index (χ1n) is 11.8. The standard InChI is InChI=1S/C25H31N3O2/c29-22(16-25-13-17-10-18(14-25)12-19(11-17)15-25)28-8-6-21(7-9-28)24-26-23(27-30-24)20-4-2-1-3-5-20/h1-5,17-19,21H,6-16H2. The predicted molar refractivity (Wildman–Crippen MR) is 114 cm³/mol. The van der Waals surface area contributed by atoms with Gasteiger partial charge in [0, 0.05) is 31.0 Å². The highest BCUT2D eigenvalue weighted by atomic mass is 16.5. The molecule has 4 bridgehead atoms. The fraction of sp³-hybridized carbons (Fsp3) is 0.640. The molecule has 0 unspecified atom stereocenters. The van der Waals surface area contributed by atoms with Crippen LogP contribution >= 0.6 is 0 Å². The lowest BCUT2D eigenvalue weighted by atomic mass is 9.49. The number of piperidine rings is 1. The lowest BCUT2D eigenvalue weighted by Crippen LogP contribution is -2.49. The van der Waals surface area contributed by atoms with Gasteiger partial charge in [-0.2, -0.15) is 4.98 Å². The number of benzene rings is 1. The molecule has 5 fully saturated rings. The highest BCUT2D eigenvalue weighted by Gasteiger charge is 2.51. The Morgan fingerprint density at radius 1 is 1.00 bits per heavy atom. The molecule has 4 aliphatic carbocycles. The van der Waals surface area contributed by atoms with Crippen molar-refractivity contribution in [3.8, 4) is 11.4 Å². The molecular formula is C25H31N3O2. The summed E-state index contributed by atoms with van der Waals surface area (Å²) in [5, 5.41) is 4.17. The van der Waals surface area contributed by atoms with Crippen LogP contribution in [0.25, 0.3) is 11.4 Å². The molecule has 5 nitrogen and oxygen atoms in total. The lowest BCUT2D eigenvalue weighted by Gasteiger charge is -2.57. The molecule has 1 aromatic heterocycles. The van der Waals surface area contributed by atoms with E-state index in [1.54, 1.807) is 0 Å². The Balaban J connectivity index is 1.07. The summed E-state index contributed by atoms with van der Waals surface area (Å²) < 4.78 is 5.58. The first-order chi connectivity index (χ1) is 14.7. The fourth-order valence-electron chi connectivity index (χ4n) is 7.42. The van der Waals surface area contributed by atoms with Gasteiger partial charge in [-0.3, -0.25) is 4.79 Å². The molecule has 2 aromatic rings. The van der Waals surface area contributed by atoms with Gasteiger partial charge in [-0.15, -0.1) is 0 Å². The van der Waals surface area contributed by atoms with Crippen molar-refractivity contribution in [1.29, 1.82) is 0 Å². The van der Waals surface area contributed by atoms with E-state index in [4.69, 9.17) is 4.52 Å². The molecule has 30 heavy (non-hydrogen) atoms. The monoisotopic (exact) mass is 405 g/mol. The second-order valence-corrected chi connectivity index (χ2v) is 10.6.